The van der Waals surface area contributed by atoms with Gasteiger partial charge in [0.15, 0.2) is 0 Å². The molecule has 0 heterocycles. The first-order valence-electron chi connectivity index (χ1n) is 5.75. The van der Waals surface area contributed by atoms with Gasteiger partial charge in [0.2, 0.25) is 0 Å². The summed E-state index contributed by atoms with van der Waals surface area (Å²) in [6, 6.07) is 9.03. The molecule has 0 amide bonds. The van der Waals surface area contributed by atoms with Gasteiger partial charge in [0.05, 0.1) is 7.11 Å². The fourth-order valence-corrected chi connectivity index (χ4v) is 2.14. The maximum absolute atomic E-state index is 5.13. The molecule has 1 aromatic rings. The van der Waals surface area contributed by atoms with Crippen molar-refractivity contribution in [3.63, 3.8) is 0 Å². The van der Waals surface area contributed by atoms with Gasteiger partial charge in [-0.25, -0.2) is 0 Å². The summed E-state index contributed by atoms with van der Waals surface area (Å²) in [7, 11) is 1.70. The molecule has 1 fully saturated rings. The third-order valence-corrected chi connectivity index (χ3v) is 3.11. The van der Waals surface area contributed by atoms with Gasteiger partial charge in [0.1, 0.15) is 5.75 Å². The third-order valence-electron chi connectivity index (χ3n) is 3.11. The summed E-state index contributed by atoms with van der Waals surface area (Å²) in [6.45, 7) is 0.981. The second kappa shape index (κ2) is 6.77. The van der Waals surface area contributed by atoms with Crippen LogP contribution in [0.15, 0.2) is 24.3 Å². The van der Waals surface area contributed by atoms with E-state index >= 15 is 0 Å². The van der Waals surface area contributed by atoms with Crippen LogP contribution in [-0.2, 0) is 6.54 Å². The number of halogens is 1. The highest BCUT2D eigenvalue weighted by atomic mass is 35.5. The Morgan fingerprint density at radius 2 is 1.81 bits per heavy atom. The molecule has 0 aromatic heterocycles. The van der Waals surface area contributed by atoms with Crippen LogP contribution in [0.2, 0.25) is 0 Å². The predicted octanol–water partition coefficient (Wildman–Crippen LogP) is 3.15. The van der Waals surface area contributed by atoms with E-state index in [9.17, 15) is 0 Å². The van der Waals surface area contributed by atoms with Gasteiger partial charge >= 0.3 is 0 Å². The first kappa shape index (κ1) is 13.3. The highest BCUT2D eigenvalue weighted by molar-refractivity contribution is 5.85. The zero-order chi connectivity index (χ0) is 10.5. The van der Waals surface area contributed by atoms with Crippen molar-refractivity contribution in [2.45, 2.75) is 38.3 Å². The summed E-state index contributed by atoms with van der Waals surface area (Å²) in [5, 5.41) is 3.59. The monoisotopic (exact) mass is 241 g/mol. The standard InChI is InChI=1S/C13H19NO.ClH/c1-15-13-8-6-11(7-9-13)10-14-12-4-2-3-5-12;/h6-9,12,14H,2-5,10H2,1H3;1H. The number of methoxy groups -OCH3 is 1. The van der Waals surface area contributed by atoms with E-state index < -0.39 is 0 Å². The number of rotatable bonds is 4. The SMILES string of the molecule is COc1ccc(CNC2CCCC2)cc1.Cl. The lowest BCUT2D eigenvalue weighted by Crippen LogP contribution is -2.25. The highest BCUT2D eigenvalue weighted by Crippen LogP contribution is 2.18. The topological polar surface area (TPSA) is 21.3 Å². The van der Waals surface area contributed by atoms with Crippen LogP contribution in [0.25, 0.3) is 0 Å². The van der Waals surface area contributed by atoms with Crippen molar-refractivity contribution < 1.29 is 4.74 Å². The molecule has 90 valence electrons. The molecule has 0 spiro atoms. The second-order valence-electron chi connectivity index (χ2n) is 4.21. The fraction of sp³-hybridized carbons (Fsp3) is 0.538. The summed E-state index contributed by atoms with van der Waals surface area (Å²) in [5.41, 5.74) is 1.34. The number of ether oxygens (including phenoxy) is 1. The molecule has 1 aromatic carbocycles. The summed E-state index contributed by atoms with van der Waals surface area (Å²) in [6.07, 6.45) is 5.47. The lowest BCUT2D eigenvalue weighted by atomic mass is 10.2. The number of benzene rings is 1. The Bertz CT molecular complexity index is 293. The Balaban J connectivity index is 0.00000128. The molecule has 0 atom stereocenters. The molecule has 0 bridgehead atoms. The van der Waals surface area contributed by atoms with Gasteiger partial charge < -0.3 is 10.1 Å². The van der Waals surface area contributed by atoms with Gasteiger partial charge in [0.25, 0.3) is 0 Å². The molecule has 0 saturated heterocycles. The van der Waals surface area contributed by atoms with Crippen LogP contribution in [0.3, 0.4) is 0 Å². The highest BCUT2D eigenvalue weighted by Gasteiger charge is 2.13. The summed E-state index contributed by atoms with van der Waals surface area (Å²) < 4.78 is 5.13. The van der Waals surface area contributed by atoms with E-state index in [4.69, 9.17) is 4.74 Å². The zero-order valence-corrected chi connectivity index (χ0v) is 10.6. The molecule has 2 nitrogen and oxygen atoms in total. The lowest BCUT2D eigenvalue weighted by Gasteiger charge is -2.11. The Labute approximate surface area is 104 Å². The van der Waals surface area contributed by atoms with Gasteiger partial charge in [-0.05, 0) is 30.5 Å². The Morgan fingerprint density at radius 3 is 2.38 bits per heavy atom. The molecular weight excluding hydrogens is 222 g/mol. The lowest BCUT2D eigenvalue weighted by molar-refractivity contribution is 0.414. The van der Waals surface area contributed by atoms with Crippen LogP contribution < -0.4 is 10.1 Å². The van der Waals surface area contributed by atoms with E-state index in [1.165, 1.54) is 31.2 Å². The zero-order valence-electron chi connectivity index (χ0n) is 9.74. The van der Waals surface area contributed by atoms with E-state index in [-0.39, 0.29) is 12.4 Å². The van der Waals surface area contributed by atoms with Crippen LogP contribution in [-0.4, -0.2) is 13.2 Å². The van der Waals surface area contributed by atoms with Crippen LogP contribution in [0.1, 0.15) is 31.2 Å². The van der Waals surface area contributed by atoms with Gasteiger partial charge in [-0.3, -0.25) is 0 Å². The van der Waals surface area contributed by atoms with Gasteiger partial charge in [-0.15, -0.1) is 12.4 Å². The molecule has 1 aliphatic rings. The minimum Gasteiger partial charge on any atom is -0.497 e. The average Bonchev–Trinajstić information content (AvgIpc) is 2.80. The molecule has 3 heteroatoms. The van der Waals surface area contributed by atoms with E-state index in [1.807, 2.05) is 12.1 Å². The van der Waals surface area contributed by atoms with E-state index in [0.29, 0.717) is 0 Å². The molecule has 0 radical (unpaired) electrons. The van der Waals surface area contributed by atoms with Crippen molar-refractivity contribution in [2.75, 3.05) is 7.11 Å². The first-order valence-corrected chi connectivity index (χ1v) is 5.75. The van der Waals surface area contributed by atoms with Gasteiger partial charge in [0, 0.05) is 12.6 Å². The number of hydrogen-bond acceptors (Lipinski definition) is 2. The predicted molar refractivity (Wildman–Crippen MR) is 69.3 cm³/mol. The number of nitrogens with one attached hydrogen (secondary N) is 1. The van der Waals surface area contributed by atoms with Crippen LogP contribution in [0, 0.1) is 0 Å². The van der Waals surface area contributed by atoms with Gasteiger partial charge in [-0.1, -0.05) is 25.0 Å². The molecule has 16 heavy (non-hydrogen) atoms. The Hall–Kier alpha value is -0.730. The van der Waals surface area contributed by atoms with Crippen molar-refractivity contribution in [3.8, 4) is 5.75 Å². The molecule has 2 rings (SSSR count). The van der Waals surface area contributed by atoms with E-state index in [2.05, 4.69) is 17.4 Å². The molecule has 0 aliphatic heterocycles. The maximum atomic E-state index is 5.13. The Morgan fingerprint density at radius 1 is 1.19 bits per heavy atom. The largest absolute Gasteiger partial charge is 0.497 e. The smallest absolute Gasteiger partial charge is 0.118 e. The minimum atomic E-state index is 0. The van der Waals surface area contributed by atoms with Crippen molar-refractivity contribution in [3.05, 3.63) is 29.8 Å². The Kier molecular flexibility index (Phi) is 5.64. The van der Waals surface area contributed by atoms with E-state index in [1.54, 1.807) is 7.11 Å². The van der Waals surface area contributed by atoms with Crippen LogP contribution in [0.5, 0.6) is 5.75 Å². The molecule has 1 N–H and O–H groups in total. The fourth-order valence-electron chi connectivity index (χ4n) is 2.14. The van der Waals surface area contributed by atoms with Crippen molar-refractivity contribution >= 4 is 12.4 Å². The third kappa shape index (κ3) is 3.69. The van der Waals surface area contributed by atoms with Crippen molar-refractivity contribution in [1.29, 1.82) is 0 Å². The summed E-state index contributed by atoms with van der Waals surface area (Å²) in [5.74, 6) is 0.930. The van der Waals surface area contributed by atoms with E-state index in [0.717, 1.165) is 18.3 Å². The maximum Gasteiger partial charge on any atom is 0.118 e. The average molecular weight is 242 g/mol. The first-order chi connectivity index (χ1) is 7.38. The van der Waals surface area contributed by atoms with Crippen LogP contribution >= 0.6 is 12.4 Å². The van der Waals surface area contributed by atoms with Crippen molar-refractivity contribution in [1.82, 2.24) is 5.32 Å². The summed E-state index contributed by atoms with van der Waals surface area (Å²) in [4.78, 5) is 0. The second-order valence-corrected chi connectivity index (χ2v) is 4.21. The normalized spacial score (nSPS) is 15.8. The molecule has 1 saturated carbocycles. The molecule has 1 aliphatic carbocycles. The van der Waals surface area contributed by atoms with Crippen molar-refractivity contribution in [2.24, 2.45) is 0 Å². The van der Waals surface area contributed by atoms with Gasteiger partial charge in [-0.2, -0.15) is 0 Å². The quantitative estimate of drug-likeness (QED) is 0.875. The minimum absolute atomic E-state index is 0. The van der Waals surface area contributed by atoms with Crippen LogP contribution in [0.4, 0.5) is 0 Å². The number of hydrogen-bond donors (Lipinski definition) is 1. The molecule has 0 unspecified atom stereocenters. The summed E-state index contributed by atoms with van der Waals surface area (Å²) >= 11 is 0. The molecular formula is C13H20ClNO.